The van der Waals surface area contributed by atoms with Crippen molar-refractivity contribution in [1.82, 2.24) is 25.6 Å². The molecule has 1 amide bonds. The van der Waals surface area contributed by atoms with Crippen molar-refractivity contribution in [3.8, 4) is 5.69 Å². The molecular weight excluding hydrogens is 324 g/mol. The number of tetrazole rings is 1. The molecule has 3 rings (SSSR count). The summed E-state index contributed by atoms with van der Waals surface area (Å²) >= 11 is 1.68. The standard InChI is InChI=1S/C16H14N6OS/c1-24-15-8-2-12(3-9-15)10-17-19-16(23)13-4-6-14(7-5-13)22-11-18-20-21-22/h2-11H,1H3,(H,19,23). The molecule has 0 aliphatic carbocycles. The third kappa shape index (κ3) is 3.85. The molecule has 1 N–H and O–H groups in total. The van der Waals surface area contributed by atoms with Crippen LogP contribution < -0.4 is 5.43 Å². The van der Waals surface area contributed by atoms with Crippen LogP contribution in [0.25, 0.3) is 5.69 Å². The average molecular weight is 338 g/mol. The smallest absolute Gasteiger partial charge is 0.267 e. The first-order valence-electron chi connectivity index (χ1n) is 7.07. The zero-order valence-corrected chi connectivity index (χ0v) is 13.6. The van der Waals surface area contributed by atoms with Crippen LogP contribution in [0.4, 0.5) is 0 Å². The van der Waals surface area contributed by atoms with E-state index in [2.05, 4.69) is 26.1 Å². The van der Waals surface area contributed by atoms with Crippen LogP contribution in [-0.2, 0) is 0 Å². The molecular formula is C16H14N6OS. The second-order valence-electron chi connectivity index (χ2n) is 4.77. The third-order valence-electron chi connectivity index (χ3n) is 3.24. The summed E-state index contributed by atoms with van der Waals surface area (Å²) in [6.45, 7) is 0. The zero-order chi connectivity index (χ0) is 16.8. The maximum atomic E-state index is 12.1. The molecule has 0 spiro atoms. The normalized spacial score (nSPS) is 10.9. The molecule has 0 fully saturated rings. The van der Waals surface area contributed by atoms with E-state index in [1.165, 1.54) is 15.9 Å². The molecule has 0 radical (unpaired) electrons. The number of carbonyl (C=O) groups excluding carboxylic acids is 1. The number of nitrogens with one attached hydrogen (secondary N) is 1. The van der Waals surface area contributed by atoms with Gasteiger partial charge in [0.1, 0.15) is 6.33 Å². The number of hydrogen-bond acceptors (Lipinski definition) is 6. The molecule has 0 saturated carbocycles. The molecule has 3 aromatic rings. The third-order valence-corrected chi connectivity index (χ3v) is 3.98. The van der Waals surface area contributed by atoms with Gasteiger partial charge in [-0.3, -0.25) is 4.79 Å². The van der Waals surface area contributed by atoms with Crippen molar-refractivity contribution in [1.29, 1.82) is 0 Å². The van der Waals surface area contributed by atoms with Crippen LogP contribution >= 0.6 is 11.8 Å². The van der Waals surface area contributed by atoms with E-state index in [1.54, 1.807) is 42.2 Å². The predicted octanol–water partition coefficient (Wildman–Crippen LogP) is 2.15. The largest absolute Gasteiger partial charge is 0.271 e. The average Bonchev–Trinajstić information content (AvgIpc) is 3.17. The Hall–Kier alpha value is -3.00. The minimum Gasteiger partial charge on any atom is -0.267 e. The van der Waals surface area contributed by atoms with Crippen molar-refractivity contribution in [3.63, 3.8) is 0 Å². The van der Waals surface area contributed by atoms with E-state index < -0.39 is 0 Å². The molecule has 0 unspecified atom stereocenters. The van der Waals surface area contributed by atoms with E-state index in [4.69, 9.17) is 0 Å². The van der Waals surface area contributed by atoms with Crippen LogP contribution in [-0.4, -0.2) is 38.6 Å². The van der Waals surface area contributed by atoms with Crippen molar-refractivity contribution < 1.29 is 4.79 Å². The number of rotatable bonds is 5. The van der Waals surface area contributed by atoms with E-state index >= 15 is 0 Å². The fourth-order valence-electron chi connectivity index (χ4n) is 1.97. The predicted molar refractivity (Wildman–Crippen MR) is 92.4 cm³/mol. The van der Waals surface area contributed by atoms with Gasteiger partial charge in [0.2, 0.25) is 0 Å². The van der Waals surface area contributed by atoms with Gasteiger partial charge >= 0.3 is 0 Å². The highest BCUT2D eigenvalue weighted by atomic mass is 32.2. The van der Waals surface area contributed by atoms with Gasteiger partial charge in [0.05, 0.1) is 11.9 Å². The molecule has 1 aromatic heterocycles. The second kappa shape index (κ2) is 7.51. The van der Waals surface area contributed by atoms with E-state index in [9.17, 15) is 4.79 Å². The fraction of sp³-hybridized carbons (Fsp3) is 0.0625. The molecule has 0 bridgehead atoms. The highest BCUT2D eigenvalue weighted by Gasteiger charge is 2.05. The zero-order valence-electron chi connectivity index (χ0n) is 12.8. The number of thioether (sulfide) groups is 1. The van der Waals surface area contributed by atoms with E-state index in [-0.39, 0.29) is 5.91 Å². The molecule has 1 heterocycles. The summed E-state index contributed by atoms with van der Waals surface area (Å²) < 4.78 is 1.51. The number of nitrogens with zero attached hydrogens (tertiary/aromatic N) is 5. The monoisotopic (exact) mass is 338 g/mol. The molecule has 8 heteroatoms. The Bertz CT molecular complexity index is 828. The summed E-state index contributed by atoms with van der Waals surface area (Å²) in [5.74, 6) is -0.282. The van der Waals surface area contributed by atoms with Crippen molar-refractivity contribution in [2.24, 2.45) is 5.10 Å². The van der Waals surface area contributed by atoms with Gasteiger partial charge in [-0.25, -0.2) is 10.1 Å². The molecule has 0 atom stereocenters. The van der Waals surface area contributed by atoms with Crippen LogP contribution in [0.15, 0.2) is 64.9 Å². The SMILES string of the molecule is CSc1ccc(C=NNC(=O)c2ccc(-n3cnnn3)cc2)cc1. The lowest BCUT2D eigenvalue weighted by atomic mass is 10.2. The summed E-state index contributed by atoms with van der Waals surface area (Å²) in [5, 5.41) is 14.9. The van der Waals surface area contributed by atoms with Gasteiger partial charge in [0.25, 0.3) is 5.91 Å². The number of amides is 1. The van der Waals surface area contributed by atoms with Crippen molar-refractivity contribution in [3.05, 3.63) is 66.0 Å². The molecule has 24 heavy (non-hydrogen) atoms. The number of carbonyl (C=O) groups is 1. The van der Waals surface area contributed by atoms with Gasteiger partial charge in [-0.1, -0.05) is 12.1 Å². The first-order chi connectivity index (χ1) is 11.8. The van der Waals surface area contributed by atoms with Crippen molar-refractivity contribution in [2.45, 2.75) is 4.90 Å². The van der Waals surface area contributed by atoms with Crippen LogP contribution in [0, 0.1) is 0 Å². The Morgan fingerprint density at radius 3 is 2.54 bits per heavy atom. The highest BCUT2D eigenvalue weighted by Crippen LogP contribution is 2.14. The van der Waals surface area contributed by atoms with E-state index in [1.807, 2.05) is 30.5 Å². The Morgan fingerprint density at radius 2 is 1.92 bits per heavy atom. The van der Waals surface area contributed by atoms with Crippen LogP contribution in [0.5, 0.6) is 0 Å². The molecule has 0 aliphatic heterocycles. The summed E-state index contributed by atoms with van der Waals surface area (Å²) in [7, 11) is 0. The number of benzene rings is 2. The maximum Gasteiger partial charge on any atom is 0.271 e. The summed E-state index contributed by atoms with van der Waals surface area (Å²) in [5.41, 5.74) is 4.70. The van der Waals surface area contributed by atoms with Crippen molar-refractivity contribution in [2.75, 3.05) is 6.26 Å². The molecule has 2 aromatic carbocycles. The topological polar surface area (TPSA) is 85.1 Å². The Balaban J connectivity index is 1.61. The molecule has 120 valence electrons. The minimum absolute atomic E-state index is 0.282. The first-order valence-corrected chi connectivity index (χ1v) is 8.29. The van der Waals surface area contributed by atoms with Crippen LogP contribution in [0.3, 0.4) is 0 Å². The molecule has 0 aliphatic rings. The van der Waals surface area contributed by atoms with Gasteiger partial charge in [-0.05, 0) is 58.6 Å². The quantitative estimate of drug-likeness (QED) is 0.438. The lowest BCUT2D eigenvalue weighted by molar-refractivity contribution is 0.0955. The van der Waals surface area contributed by atoms with Crippen LogP contribution in [0.1, 0.15) is 15.9 Å². The number of hydrogen-bond donors (Lipinski definition) is 1. The van der Waals surface area contributed by atoms with E-state index in [0.29, 0.717) is 5.56 Å². The second-order valence-corrected chi connectivity index (χ2v) is 5.65. The van der Waals surface area contributed by atoms with E-state index in [0.717, 1.165) is 11.3 Å². The minimum atomic E-state index is -0.282. The van der Waals surface area contributed by atoms with Gasteiger partial charge < -0.3 is 0 Å². The van der Waals surface area contributed by atoms with Gasteiger partial charge in [-0.15, -0.1) is 16.9 Å². The molecule has 0 saturated heterocycles. The summed E-state index contributed by atoms with van der Waals surface area (Å²) in [4.78, 5) is 13.2. The lowest BCUT2D eigenvalue weighted by Crippen LogP contribution is -2.17. The first kappa shape index (κ1) is 15.9. The van der Waals surface area contributed by atoms with Crippen LogP contribution in [0.2, 0.25) is 0 Å². The summed E-state index contributed by atoms with van der Waals surface area (Å²) in [6.07, 6.45) is 5.12. The highest BCUT2D eigenvalue weighted by molar-refractivity contribution is 7.98. The Kier molecular flexibility index (Phi) is 4.97. The molecule has 7 nitrogen and oxygen atoms in total. The number of aromatic nitrogens is 4. The lowest BCUT2D eigenvalue weighted by Gasteiger charge is -2.02. The van der Waals surface area contributed by atoms with Gasteiger partial charge in [0, 0.05) is 10.5 Å². The summed E-state index contributed by atoms with van der Waals surface area (Å²) in [6, 6.07) is 14.8. The van der Waals surface area contributed by atoms with Crippen molar-refractivity contribution >= 4 is 23.9 Å². The maximum absolute atomic E-state index is 12.1. The van der Waals surface area contributed by atoms with Gasteiger partial charge in [-0.2, -0.15) is 5.10 Å². The Morgan fingerprint density at radius 1 is 1.17 bits per heavy atom. The number of hydrazone groups is 1. The fourth-order valence-corrected chi connectivity index (χ4v) is 2.37. The van der Waals surface area contributed by atoms with Gasteiger partial charge in [0.15, 0.2) is 0 Å². The Labute approximate surface area is 142 Å².